The second-order valence-corrected chi connectivity index (χ2v) is 7.10. The summed E-state index contributed by atoms with van der Waals surface area (Å²) in [5.41, 5.74) is 0.0296. The number of nitrogens with one attached hydrogen (secondary N) is 2. The van der Waals surface area contributed by atoms with Crippen LogP contribution in [-0.4, -0.2) is 37.5 Å². The highest BCUT2D eigenvalue weighted by Gasteiger charge is 2.29. The van der Waals surface area contributed by atoms with E-state index in [1.165, 1.54) is 12.4 Å². The van der Waals surface area contributed by atoms with Gasteiger partial charge >= 0.3 is 6.18 Å². The molecule has 0 unspecified atom stereocenters. The van der Waals surface area contributed by atoms with Crippen LogP contribution in [0.3, 0.4) is 0 Å². The first-order valence-electron chi connectivity index (χ1n) is 8.40. The average Bonchev–Trinajstić information content (AvgIpc) is 3.03. The third kappa shape index (κ3) is 4.41. The van der Waals surface area contributed by atoms with Crippen LogP contribution in [0.15, 0.2) is 29.3 Å². The number of alkyl halides is 3. The van der Waals surface area contributed by atoms with Crippen molar-refractivity contribution < 1.29 is 17.9 Å². The molecule has 11 heteroatoms. The second-order valence-electron chi connectivity index (χ2n) is 7.10. The maximum atomic E-state index is 12.4. The van der Waals surface area contributed by atoms with E-state index in [-0.39, 0.29) is 29.5 Å². The first kappa shape index (κ1) is 19.6. The smallest absolute Gasteiger partial charge is 0.422 e. The zero-order valence-corrected chi connectivity index (χ0v) is 15.5. The zero-order chi connectivity index (χ0) is 20.5. The summed E-state index contributed by atoms with van der Waals surface area (Å²) in [4.78, 5) is 23.1. The summed E-state index contributed by atoms with van der Waals surface area (Å²) in [5.74, 6) is 0.0182. The van der Waals surface area contributed by atoms with Gasteiger partial charge in [-0.05, 0) is 26.8 Å². The molecule has 0 aliphatic rings. The molecule has 28 heavy (non-hydrogen) atoms. The lowest BCUT2D eigenvalue weighted by Gasteiger charge is -2.19. The van der Waals surface area contributed by atoms with E-state index in [9.17, 15) is 18.0 Å². The minimum Gasteiger partial charge on any atom is -0.468 e. The Labute approximate surface area is 157 Å². The first-order valence-corrected chi connectivity index (χ1v) is 8.40. The molecule has 0 radical (unpaired) electrons. The second kappa shape index (κ2) is 7.13. The van der Waals surface area contributed by atoms with E-state index in [1.54, 1.807) is 16.8 Å². The van der Waals surface area contributed by atoms with Crippen molar-refractivity contribution in [2.24, 2.45) is 0 Å². The topological polar surface area (TPSA) is 97.7 Å². The van der Waals surface area contributed by atoms with Crippen LogP contribution in [-0.2, 0) is 12.1 Å². The fourth-order valence-electron chi connectivity index (χ4n) is 2.51. The molecular formula is C17H19F3N6O2. The average molecular weight is 396 g/mol. The summed E-state index contributed by atoms with van der Waals surface area (Å²) in [6.45, 7) is 4.39. The number of halogens is 3. The predicted molar refractivity (Wildman–Crippen MR) is 96.3 cm³/mol. The van der Waals surface area contributed by atoms with Crippen LogP contribution in [0.4, 0.5) is 19.1 Å². The molecule has 0 fully saturated rings. The van der Waals surface area contributed by atoms with Gasteiger partial charge in [-0.15, -0.1) is 0 Å². The van der Waals surface area contributed by atoms with E-state index >= 15 is 0 Å². The number of nitrogens with zero attached hydrogens (tertiary/aromatic N) is 4. The third-order valence-corrected chi connectivity index (χ3v) is 3.74. The molecule has 150 valence electrons. The molecule has 2 N–H and O–H groups in total. The Morgan fingerprint density at radius 1 is 1.29 bits per heavy atom. The lowest BCUT2D eigenvalue weighted by atomic mass is 10.1. The van der Waals surface area contributed by atoms with Gasteiger partial charge in [0.05, 0.1) is 11.7 Å². The largest absolute Gasteiger partial charge is 0.468 e. The maximum absolute atomic E-state index is 12.4. The molecule has 0 aliphatic heterocycles. The number of hydrogen-bond acceptors (Lipinski definition) is 6. The number of anilines is 1. The molecular weight excluding hydrogens is 377 g/mol. The van der Waals surface area contributed by atoms with E-state index in [0.29, 0.717) is 16.6 Å². The maximum Gasteiger partial charge on any atom is 0.422 e. The Bertz CT molecular complexity index is 1040. The quantitative estimate of drug-likeness (QED) is 0.688. The number of fused-ring (bicyclic) bond motifs is 1. The van der Waals surface area contributed by atoms with E-state index in [4.69, 9.17) is 4.74 Å². The lowest BCUT2D eigenvalue weighted by molar-refractivity contribution is -0.154. The van der Waals surface area contributed by atoms with Gasteiger partial charge in [0.25, 0.3) is 5.56 Å². The van der Waals surface area contributed by atoms with Gasteiger partial charge in [0.1, 0.15) is 5.39 Å². The predicted octanol–water partition coefficient (Wildman–Crippen LogP) is 2.82. The third-order valence-electron chi connectivity index (χ3n) is 3.74. The number of aromatic nitrogens is 5. The number of aromatic amines is 1. The first-order chi connectivity index (χ1) is 13.0. The van der Waals surface area contributed by atoms with Crippen molar-refractivity contribution in [3.63, 3.8) is 0 Å². The van der Waals surface area contributed by atoms with Gasteiger partial charge in [-0.25, -0.2) is 9.67 Å². The number of H-pyrrole nitrogens is 1. The van der Waals surface area contributed by atoms with Crippen molar-refractivity contribution in [1.82, 2.24) is 24.7 Å². The van der Waals surface area contributed by atoms with Gasteiger partial charge < -0.3 is 10.1 Å². The highest BCUT2D eigenvalue weighted by molar-refractivity contribution is 5.74. The fourth-order valence-corrected chi connectivity index (χ4v) is 2.51. The van der Waals surface area contributed by atoms with Crippen molar-refractivity contribution in [2.75, 3.05) is 11.9 Å². The van der Waals surface area contributed by atoms with Crippen LogP contribution in [0, 0.1) is 0 Å². The molecule has 0 saturated heterocycles. The van der Waals surface area contributed by atoms with Crippen LogP contribution < -0.4 is 15.6 Å². The molecule has 0 saturated carbocycles. The number of pyridine rings is 1. The Balaban J connectivity index is 1.84. The summed E-state index contributed by atoms with van der Waals surface area (Å²) in [5, 5.41) is 7.45. The van der Waals surface area contributed by atoms with E-state index < -0.39 is 12.8 Å². The van der Waals surface area contributed by atoms with E-state index in [0.717, 1.165) is 0 Å². The molecule has 3 aromatic rings. The van der Waals surface area contributed by atoms with E-state index in [2.05, 4.69) is 25.4 Å². The van der Waals surface area contributed by atoms with Crippen LogP contribution in [0.1, 0.15) is 26.3 Å². The number of hydrogen-bond donors (Lipinski definition) is 2. The van der Waals surface area contributed by atoms with Gasteiger partial charge in [-0.2, -0.15) is 23.3 Å². The highest BCUT2D eigenvalue weighted by Crippen LogP contribution is 2.21. The van der Waals surface area contributed by atoms with Crippen molar-refractivity contribution in [3.8, 4) is 5.88 Å². The van der Waals surface area contributed by atoms with Crippen LogP contribution in [0.25, 0.3) is 11.0 Å². The summed E-state index contributed by atoms with van der Waals surface area (Å²) in [6.07, 6.45) is -1.69. The number of rotatable bonds is 5. The molecule has 0 amide bonds. The summed E-state index contributed by atoms with van der Waals surface area (Å²) in [7, 11) is 0. The normalized spacial score (nSPS) is 12.4. The molecule has 0 bridgehead atoms. The van der Waals surface area contributed by atoms with E-state index in [1.807, 2.05) is 20.8 Å². The molecule has 8 nitrogen and oxygen atoms in total. The Kier molecular flexibility index (Phi) is 5.01. The van der Waals surface area contributed by atoms with Gasteiger partial charge in [0.2, 0.25) is 11.8 Å². The van der Waals surface area contributed by atoms with Crippen LogP contribution in [0.5, 0.6) is 5.88 Å². The van der Waals surface area contributed by atoms with Crippen molar-refractivity contribution in [3.05, 3.63) is 40.4 Å². The molecule has 0 atom stereocenters. The van der Waals surface area contributed by atoms with Gasteiger partial charge in [-0.1, -0.05) is 6.07 Å². The van der Waals surface area contributed by atoms with Gasteiger partial charge in [0, 0.05) is 18.3 Å². The minimum absolute atomic E-state index is 0.0547. The Hall–Kier alpha value is -3.11. The fraction of sp³-hybridized carbons (Fsp3) is 0.412. The van der Waals surface area contributed by atoms with Crippen molar-refractivity contribution >= 4 is 17.0 Å². The molecule has 3 aromatic heterocycles. The zero-order valence-electron chi connectivity index (χ0n) is 15.5. The lowest BCUT2D eigenvalue weighted by Crippen LogP contribution is -2.24. The molecule has 0 aromatic carbocycles. The van der Waals surface area contributed by atoms with Crippen LogP contribution in [0.2, 0.25) is 0 Å². The monoisotopic (exact) mass is 396 g/mol. The Morgan fingerprint density at radius 3 is 2.71 bits per heavy atom. The summed E-state index contributed by atoms with van der Waals surface area (Å²) >= 11 is 0. The number of ether oxygens (including phenoxy) is 1. The highest BCUT2D eigenvalue weighted by atomic mass is 19.4. The molecule has 3 rings (SSSR count). The minimum atomic E-state index is -4.47. The SMILES string of the molecule is CC(C)(C)n1ncc2c(=O)[nH]c(NCc3cccnc3OCC(F)(F)F)nc21. The standard InChI is InChI=1S/C17H19F3N6O2/c1-16(2,3)26-12-11(8-23-26)13(27)25-15(24-12)22-7-10-5-4-6-21-14(10)28-9-17(18,19)20/h4-6,8H,7,9H2,1-3H3,(H2,22,24,25,27). The van der Waals surface area contributed by atoms with Gasteiger partial charge in [0.15, 0.2) is 12.3 Å². The van der Waals surface area contributed by atoms with Crippen molar-refractivity contribution in [2.45, 2.75) is 39.0 Å². The van der Waals surface area contributed by atoms with Gasteiger partial charge in [-0.3, -0.25) is 9.78 Å². The molecule has 0 aliphatic carbocycles. The molecule has 3 heterocycles. The van der Waals surface area contributed by atoms with Crippen LogP contribution >= 0.6 is 0 Å². The Morgan fingerprint density at radius 2 is 2.04 bits per heavy atom. The molecule has 0 spiro atoms. The van der Waals surface area contributed by atoms with Crippen molar-refractivity contribution in [1.29, 1.82) is 0 Å². The summed E-state index contributed by atoms with van der Waals surface area (Å²) < 4.78 is 43.6. The summed E-state index contributed by atoms with van der Waals surface area (Å²) in [6, 6.07) is 3.15.